The molecule has 1 aliphatic rings. The Labute approximate surface area is 120 Å². The van der Waals surface area contributed by atoms with Crippen LogP contribution in [0.15, 0.2) is 0 Å². The molecule has 116 valence electrons. The first-order valence-corrected chi connectivity index (χ1v) is 7.27. The van der Waals surface area contributed by atoms with E-state index in [1.807, 2.05) is 13.8 Å². The number of carbonyl (C=O) groups is 2. The summed E-state index contributed by atoms with van der Waals surface area (Å²) in [5.74, 6) is -0.403. The average molecular weight is 285 g/mol. The summed E-state index contributed by atoms with van der Waals surface area (Å²) in [5, 5.41) is 14.6. The van der Waals surface area contributed by atoms with Gasteiger partial charge in [-0.2, -0.15) is 0 Å². The van der Waals surface area contributed by atoms with Crippen LogP contribution in [0.5, 0.6) is 0 Å². The molecule has 1 heterocycles. The molecule has 20 heavy (non-hydrogen) atoms. The van der Waals surface area contributed by atoms with Gasteiger partial charge in [-0.1, -0.05) is 20.8 Å². The first-order chi connectivity index (χ1) is 9.29. The molecule has 0 aromatic carbocycles. The molecule has 1 saturated heterocycles. The van der Waals surface area contributed by atoms with Crippen molar-refractivity contribution in [3.63, 3.8) is 0 Å². The summed E-state index contributed by atoms with van der Waals surface area (Å²) in [6.07, 6.45) is 0.879. The number of carbonyl (C=O) groups excluding carboxylic acids is 1. The van der Waals surface area contributed by atoms with Gasteiger partial charge in [-0.05, 0) is 31.8 Å². The zero-order valence-electron chi connectivity index (χ0n) is 12.8. The highest BCUT2D eigenvalue weighted by Crippen LogP contribution is 2.15. The Hall–Kier alpha value is -1.30. The van der Waals surface area contributed by atoms with Crippen molar-refractivity contribution >= 4 is 12.0 Å². The fourth-order valence-corrected chi connectivity index (χ4v) is 2.59. The molecule has 0 bridgehead atoms. The van der Waals surface area contributed by atoms with Crippen LogP contribution in [0.25, 0.3) is 0 Å². The van der Waals surface area contributed by atoms with E-state index in [4.69, 9.17) is 5.11 Å². The maximum atomic E-state index is 12.0. The number of urea groups is 1. The maximum Gasteiger partial charge on any atom is 0.315 e. The molecule has 0 radical (unpaired) electrons. The van der Waals surface area contributed by atoms with Gasteiger partial charge in [-0.25, -0.2) is 4.79 Å². The fourth-order valence-electron chi connectivity index (χ4n) is 2.59. The fraction of sp³-hybridized carbons (Fsp3) is 0.857. The van der Waals surface area contributed by atoms with E-state index in [1.54, 1.807) is 0 Å². The molecule has 1 fully saturated rings. The van der Waals surface area contributed by atoms with Gasteiger partial charge in [0, 0.05) is 18.6 Å². The zero-order valence-corrected chi connectivity index (χ0v) is 12.8. The molecule has 0 spiro atoms. The van der Waals surface area contributed by atoms with E-state index in [2.05, 4.69) is 29.5 Å². The predicted molar refractivity (Wildman–Crippen MR) is 77.6 cm³/mol. The number of nitrogens with one attached hydrogen (secondary N) is 2. The van der Waals surface area contributed by atoms with Gasteiger partial charge in [0.2, 0.25) is 0 Å². The van der Waals surface area contributed by atoms with Crippen LogP contribution in [0.3, 0.4) is 0 Å². The van der Waals surface area contributed by atoms with Crippen molar-refractivity contribution in [1.29, 1.82) is 0 Å². The minimum Gasteiger partial charge on any atom is -0.481 e. The number of aliphatic carboxylic acids is 1. The van der Waals surface area contributed by atoms with Crippen LogP contribution in [-0.4, -0.2) is 54.2 Å². The molecule has 2 amide bonds. The third kappa shape index (κ3) is 5.36. The Morgan fingerprint density at radius 1 is 1.40 bits per heavy atom. The topological polar surface area (TPSA) is 81.7 Å². The van der Waals surface area contributed by atoms with Gasteiger partial charge in [0.25, 0.3) is 0 Å². The first kappa shape index (κ1) is 16.8. The molecule has 1 rings (SSSR count). The van der Waals surface area contributed by atoms with Crippen LogP contribution in [0.2, 0.25) is 0 Å². The quantitative estimate of drug-likeness (QED) is 0.707. The molecule has 6 nitrogen and oxygen atoms in total. The lowest BCUT2D eigenvalue weighted by atomic mass is 9.94. The average Bonchev–Trinajstić information content (AvgIpc) is 2.31. The summed E-state index contributed by atoms with van der Waals surface area (Å²) >= 11 is 0. The van der Waals surface area contributed by atoms with Gasteiger partial charge < -0.3 is 20.6 Å². The summed E-state index contributed by atoms with van der Waals surface area (Å²) in [7, 11) is 2.08. The molecule has 0 aromatic heterocycles. The number of carboxylic acid groups (broad SMARTS) is 1. The van der Waals surface area contributed by atoms with Gasteiger partial charge in [0.1, 0.15) is 0 Å². The molecule has 0 saturated carbocycles. The van der Waals surface area contributed by atoms with E-state index >= 15 is 0 Å². The van der Waals surface area contributed by atoms with Crippen molar-refractivity contribution in [2.24, 2.45) is 11.8 Å². The maximum absolute atomic E-state index is 12.0. The highest BCUT2D eigenvalue weighted by Gasteiger charge is 2.27. The minimum atomic E-state index is -0.892. The lowest BCUT2D eigenvalue weighted by molar-refractivity contribution is -0.137. The Balaban J connectivity index is 2.47. The predicted octanol–water partition coefficient (Wildman–Crippen LogP) is 1.13. The minimum absolute atomic E-state index is 0.0476. The van der Waals surface area contributed by atoms with Crippen LogP contribution in [0.4, 0.5) is 4.79 Å². The Morgan fingerprint density at radius 3 is 2.55 bits per heavy atom. The highest BCUT2D eigenvalue weighted by molar-refractivity contribution is 5.76. The number of nitrogens with zero attached hydrogens (tertiary/aromatic N) is 1. The van der Waals surface area contributed by atoms with E-state index < -0.39 is 5.97 Å². The molecule has 3 unspecified atom stereocenters. The monoisotopic (exact) mass is 285 g/mol. The van der Waals surface area contributed by atoms with Crippen molar-refractivity contribution in [2.75, 3.05) is 20.1 Å². The molecule has 3 N–H and O–H groups in total. The summed E-state index contributed by atoms with van der Waals surface area (Å²) in [4.78, 5) is 25.1. The number of hydrogen-bond acceptors (Lipinski definition) is 3. The lowest BCUT2D eigenvalue weighted by Gasteiger charge is -2.35. The van der Waals surface area contributed by atoms with E-state index in [0.717, 1.165) is 19.5 Å². The molecular weight excluding hydrogens is 258 g/mol. The molecule has 6 heteroatoms. The second kappa shape index (κ2) is 7.47. The van der Waals surface area contributed by atoms with Crippen molar-refractivity contribution in [3.8, 4) is 0 Å². The summed E-state index contributed by atoms with van der Waals surface area (Å²) in [6, 6.07) is -0.440. The molecule has 0 aromatic rings. The van der Waals surface area contributed by atoms with Gasteiger partial charge in [-0.15, -0.1) is 0 Å². The van der Waals surface area contributed by atoms with Crippen LogP contribution >= 0.6 is 0 Å². The van der Waals surface area contributed by atoms with Crippen LogP contribution in [0.1, 0.15) is 33.6 Å². The number of carboxylic acids is 1. The van der Waals surface area contributed by atoms with Gasteiger partial charge in [0.15, 0.2) is 0 Å². The number of amides is 2. The van der Waals surface area contributed by atoms with E-state index in [0.29, 0.717) is 5.92 Å². The SMILES string of the molecule is CC(C)C(CC(=O)O)NC(=O)NC1CCN(C)CC1C. The van der Waals surface area contributed by atoms with Gasteiger partial charge >= 0.3 is 12.0 Å². The highest BCUT2D eigenvalue weighted by atomic mass is 16.4. The number of hydrogen-bond donors (Lipinski definition) is 3. The number of rotatable bonds is 5. The van der Waals surface area contributed by atoms with E-state index in [-0.39, 0.29) is 30.5 Å². The first-order valence-electron chi connectivity index (χ1n) is 7.27. The Bertz CT molecular complexity index is 347. The number of piperidine rings is 1. The second-order valence-electron chi connectivity index (χ2n) is 6.20. The largest absolute Gasteiger partial charge is 0.481 e. The third-order valence-electron chi connectivity index (χ3n) is 3.94. The Morgan fingerprint density at radius 2 is 2.05 bits per heavy atom. The Kier molecular flexibility index (Phi) is 6.26. The van der Waals surface area contributed by atoms with Crippen LogP contribution in [0, 0.1) is 11.8 Å². The molecular formula is C14H27N3O3. The zero-order chi connectivity index (χ0) is 15.3. The van der Waals surface area contributed by atoms with Crippen LogP contribution < -0.4 is 10.6 Å². The summed E-state index contributed by atoms with van der Waals surface area (Å²) in [6.45, 7) is 7.88. The second-order valence-corrected chi connectivity index (χ2v) is 6.20. The van der Waals surface area contributed by atoms with Crippen molar-refractivity contribution < 1.29 is 14.7 Å². The molecule has 1 aliphatic heterocycles. The van der Waals surface area contributed by atoms with Gasteiger partial charge in [-0.3, -0.25) is 4.79 Å². The normalized spacial score (nSPS) is 25.2. The third-order valence-corrected chi connectivity index (χ3v) is 3.94. The lowest BCUT2D eigenvalue weighted by Crippen LogP contribution is -2.54. The summed E-state index contributed by atoms with van der Waals surface area (Å²) in [5.41, 5.74) is 0. The van der Waals surface area contributed by atoms with E-state index in [9.17, 15) is 9.59 Å². The van der Waals surface area contributed by atoms with Crippen molar-refractivity contribution in [3.05, 3.63) is 0 Å². The standard InChI is InChI=1S/C14H27N3O3/c1-9(2)12(7-13(18)19)16-14(20)15-11-5-6-17(4)8-10(11)3/h9-12H,5-8H2,1-4H3,(H,18,19)(H2,15,16,20). The summed E-state index contributed by atoms with van der Waals surface area (Å²) < 4.78 is 0. The van der Waals surface area contributed by atoms with Crippen LogP contribution in [-0.2, 0) is 4.79 Å². The van der Waals surface area contributed by atoms with Crippen molar-refractivity contribution in [2.45, 2.75) is 45.7 Å². The van der Waals surface area contributed by atoms with Crippen molar-refractivity contribution in [1.82, 2.24) is 15.5 Å². The van der Waals surface area contributed by atoms with Gasteiger partial charge in [0.05, 0.1) is 6.42 Å². The number of likely N-dealkylation sites (tertiary alicyclic amines) is 1. The smallest absolute Gasteiger partial charge is 0.315 e. The van der Waals surface area contributed by atoms with E-state index in [1.165, 1.54) is 0 Å². The molecule has 0 aliphatic carbocycles. The molecule has 3 atom stereocenters.